The zero-order valence-corrected chi connectivity index (χ0v) is 15.5. The molecular weight excluding hydrogens is 336 g/mol. The molecule has 8 heteroatoms. The van der Waals surface area contributed by atoms with Crippen LogP contribution in [0.4, 0.5) is 0 Å². The third-order valence-corrected chi connectivity index (χ3v) is 4.98. The van der Waals surface area contributed by atoms with E-state index in [1.54, 1.807) is 11.9 Å². The van der Waals surface area contributed by atoms with Crippen LogP contribution in [0.2, 0.25) is 0 Å². The van der Waals surface area contributed by atoms with Gasteiger partial charge in [0.1, 0.15) is 0 Å². The Bertz CT molecular complexity index is 584. The van der Waals surface area contributed by atoms with E-state index in [0.717, 1.165) is 25.2 Å². The van der Waals surface area contributed by atoms with Crippen LogP contribution < -0.4 is 5.73 Å². The summed E-state index contributed by atoms with van der Waals surface area (Å²) >= 11 is 0. The van der Waals surface area contributed by atoms with Crippen molar-refractivity contribution in [2.24, 2.45) is 11.7 Å². The molecule has 2 rings (SSSR count). The van der Waals surface area contributed by atoms with E-state index in [1.807, 2.05) is 0 Å². The fourth-order valence-corrected chi connectivity index (χ4v) is 3.71. The van der Waals surface area contributed by atoms with E-state index in [4.69, 9.17) is 10.3 Å². The molecule has 1 aromatic heterocycles. The van der Waals surface area contributed by atoms with Crippen molar-refractivity contribution in [3.8, 4) is 0 Å². The molecule has 8 nitrogen and oxygen atoms in total. The summed E-state index contributed by atoms with van der Waals surface area (Å²) in [5.41, 5.74) is 5.16. The number of hydrogen-bond donors (Lipinski definition) is 2. The van der Waals surface area contributed by atoms with Crippen LogP contribution in [0.1, 0.15) is 75.4 Å². The average molecular weight is 366 g/mol. The van der Waals surface area contributed by atoms with Gasteiger partial charge in [0.2, 0.25) is 11.8 Å². The number of nitrogens with zero attached hydrogens (tertiary/aromatic N) is 3. The minimum Gasteiger partial charge on any atom is -0.481 e. The van der Waals surface area contributed by atoms with Gasteiger partial charge in [-0.3, -0.25) is 14.5 Å². The third kappa shape index (κ3) is 7.11. The second-order valence-corrected chi connectivity index (χ2v) is 7.42. The molecule has 0 aliphatic heterocycles. The summed E-state index contributed by atoms with van der Waals surface area (Å²) in [7, 11) is 1.74. The van der Waals surface area contributed by atoms with Gasteiger partial charge >= 0.3 is 5.97 Å². The highest BCUT2D eigenvalue weighted by atomic mass is 16.5. The van der Waals surface area contributed by atoms with Crippen molar-refractivity contribution in [3.05, 3.63) is 11.7 Å². The molecule has 1 atom stereocenters. The first kappa shape index (κ1) is 20.4. The number of carbonyl (C=O) groups is 2. The number of hydrogen-bond acceptors (Lipinski definition) is 6. The number of likely N-dealkylation sites (N-methyl/N-ethyl adjacent to an activating group) is 1. The SMILES string of the molecule is CN(CC(N)=O)Cc1noc(C(CCCC2CCCCC2)CC(=O)O)n1. The summed E-state index contributed by atoms with van der Waals surface area (Å²) in [6.07, 6.45) is 9.39. The molecule has 1 aliphatic rings. The van der Waals surface area contributed by atoms with Crippen LogP contribution >= 0.6 is 0 Å². The first-order chi connectivity index (χ1) is 12.4. The van der Waals surface area contributed by atoms with Gasteiger partial charge in [-0.05, 0) is 19.4 Å². The van der Waals surface area contributed by atoms with Gasteiger partial charge in [0.15, 0.2) is 5.82 Å². The van der Waals surface area contributed by atoms with E-state index in [-0.39, 0.29) is 18.9 Å². The lowest BCUT2D eigenvalue weighted by atomic mass is 9.84. The molecule has 0 spiro atoms. The number of carboxylic acid groups (broad SMARTS) is 1. The lowest BCUT2D eigenvalue weighted by Crippen LogP contribution is -2.30. The highest BCUT2D eigenvalue weighted by Gasteiger charge is 2.23. The number of amides is 1. The van der Waals surface area contributed by atoms with Gasteiger partial charge in [-0.15, -0.1) is 0 Å². The molecule has 0 bridgehead atoms. The quantitative estimate of drug-likeness (QED) is 0.616. The Morgan fingerprint density at radius 2 is 2.08 bits per heavy atom. The zero-order valence-electron chi connectivity index (χ0n) is 15.5. The summed E-state index contributed by atoms with van der Waals surface area (Å²) < 4.78 is 5.31. The monoisotopic (exact) mass is 366 g/mol. The molecule has 1 saturated carbocycles. The first-order valence-electron chi connectivity index (χ1n) is 9.45. The van der Waals surface area contributed by atoms with Gasteiger partial charge in [0, 0.05) is 5.92 Å². The molecule has 1 amide bonds. The lowest BCUT2D eigenvalue weighted by Gasteiger charge is -2.21. The maximum absolute atomic E-state index is 11.2. The van der Waals surface area contributed by atoms with Crippen LogP contribution in [0.25, 0.3) is 0 Å². The topological polar surface area (TPSA) is 123 Å². The number of aliphatic carboxylic acids is 1. The van der Waals surface area contributed by atoms with Crippen LogP contribution in [0.5, 0.6) is 0 Å². The summed E-state index contributed by atoms with van der Waals surface area (Å²) in [5, 5.41) is 13.1. The lowest BCUT2D eigenvalue weighted by molar-refractivity contribution is -0.137. The molecule has 0 aromatic carbocycles. The zero-order chi connectivity index (χ0) is 18.9. The number of carboxylic acids is 1. The summed E-state index contributed by atoms with van der Waals surface area (Å²) in [6.45, 7) is 0.429. The van der Waals surface area contributed by atoms with Crippen LogP contribution in [0, 0.1) is 5.92 Å². The predicted octanol–water partition coefficient (Wildman–Crippen LogP) is 2.30. The van der Waals surface area contributed by atoms with Crippen LogP contribution in [-0.2, 0) is 16.1 Å². The summed E-state index contributed by atoms with van der Waals surface area (Å²) in [6, 6.07) is 0. The molecule has 1 unspecified atom stereocenters. The van der Waals surface area contributed by atoms with E-state index in [1.165, 1.54) is 32.1 Å². The van der Waals surface area contributed by atoms with Gasteiger partial charge < -0.3 is 15.4 Å². The Morgan fingerprint density at radius 3 is 2.73 bits per heavy atom. The minimum absolute atomic E-state index is 0.0105. The van der Waals surface area contributed by atoms with Crippen LogP contribution in [0.15, 0.2) is 4.52 Å². The first-order valence-corrected chi connectivity index (χ1v) is 9.45. The van der Waals surface area contributed by atoms with Gasteiger partial charge in [-0.2, -0.15) is 4.98 Å². The summed E-state index contributed by atoms with van der Waals surface area (Å²) in [4.78, 5) is 28.2. The van der Waals surface area contributed by atoms with Crippen molar-refractivity contribution in [1.82, 2.24) is 15.0 Å². The Balaban J connectivity index is 1.88. The minimum atomic E-state index is -0.863. The van der Waals surface area contributed by atoms with Crippen LogP contribution in [-0.4, -0.2) is 45.6 Å². The van der Waals surface area contributed by atoms with E-state index in [0.29, 0.717) is 18.3 Å². The van der Waals surface area contributed by atoms with Crippen molar-refractivity contribution in [2.75, 3.05) is 13.6 Å². The second-order valence-electron chi connectivity index (χ2n) is 7.42. The van der Waals surface area contributed by atoms with Gasteiger partial charge in [-0.1, -0.05) is 50.1 Å². The smallest absolute Gasteiger partial charge is 0.304 e. The van der Waals surface area contributed by atoms with Gasteiger partial charge in [0.25, 0.3) is 0 Å². The normalized spacial score (nSPS) is 16.7. The highest BCUT2D eigenvalue weighted by Crippen LogP contribution is 2.31. The molecule has 0 radical (unpaired) electrons. The molecular formula is C18H30N4O4. The van der Waals surface area contributed by atoms with E-state index in [9.17, 15) is 14.7 Å². The van der Waals surface area contributed by atoms with Crippen molar-refractivity contribution >= 4 is 11.9 Å². The predicted molar refractivity (Wildman–Crippen MR) is 95.2 cm³/mol. The fourth-order valence-electron chi connectivity index (χ4n) is 3.71. The third-order valence-electron chi connectivity index (χ3n) is 4.98. The Hall–Kier alpha value is -1.96. The van der Waals surface area contributed by atoms with E-state index in [2.05, 4.69) is 10.1 Å². The molecule has 3 N–H and O–H groups in total. The molecule has 1 aromatic rings. The second kappa shape index (κ2) is 10.3. The van der Waals surface area contributed by atoms with E-state index < -0.39 is 11.9 Å². The molecule has 1 heterocycles. The van der Waals surface area contributed by atoms with Gasteiger partial charge in [0.05, 0.1) is 19.5 Å². The van der Waals surface area contributed by atoms with E-state index >= 15 is 0 Å². The number of nitrogens with two attached hydrogens (primary N) is 1. The number of aromatic nitrogens is 2. The maximum atomic E-state index is 11.2. The Labute approximate surface area is 154 Å². The largest absolute Gasteiger partial charge is 0.481 e. The maximum Gasteiger partial charge on any atom is 0.304 e. The van der Waals surface area contributed by atoms with Crippen molar-refractivity contribution < 1.29 is 19.2 Å². The Kier molecular flexibility index (Phi) is 8.03. The standard InChI is InChI=1S/C18H30N4O4/c1-22(11-15(19)23)12-16-20-18(26-21-16)14(10-17(24)25)9-5-8-13-6-3-2-4-7-13/h13-14H,2-12H2,1H3,(H2,19,23)(H,24,25). The molecule has 1 aliphatic carbocycles. The van der Waals surface area contributed by atoms with Crippen molar-refractivity contribution in [1.29, 1.82) is 0 Å². The molecule has 26 heavy (non-hydrogen) atoms. The summed E-state index contributed by atoms with van der Waals surface area (Å²) in [5.74, 6) is 0.0274. The molecule has 146 valence electrons. The van der Waals surface area contributed by atoms with Crippen molar-refractivity contribution in [2.45, 2.75) is 70.3 Å². The number of rotatable bonds is 11. The average Bonchev–Trinajstić information content (AvgIpc) is 3.02. The molecule has 0 saturated heterocycles. The number of carbonyl (C=O) groups excluding carboxylic acids is 1. The fraction of sp³-hybridized carbons (Fsp3) is 0.778. The highest BCUT2D eigenvalue weighted by molar-refractivity contribution is 5.75. The molecule has 1 fully saturated rings. The Morgan fingerprint density at radius 1 is 1.35 bits per heavy atom. The number of primary amides is 1. The van der Waals surface area contributed by atoms with Gasteiger partial charge in [-0.25, -0.2) is 0 Å². The van der Waals surface area contributed by atoms with Crippen LogP contribution in [0.3, 0.4) is 0 Å². The van der Waals surface area contributed by atoms with Crippen molar-refractivity contribution in [3.63, 3.8) is 0 Å².